The monoisotopic (exact) mass is 219 g/mol. The maximum absolute atomic E-state index is 2.47. The van der Waals surface area contributed by atoms with E-state index in [1.54, 1.807) is 0 Å². The first-order valence-electron chi connectivity index (χ1n) is 6.49. The van der Waals surface area contributed by atoms with Gasteiger partial charge in [-0.05, 0) is 45.2 Å². The van der Waals surface area contributed by atoms with Gasteiger partial charge in [0.05, 0.1) is 0 Å². The Hall–Kier alpha value is -0.980. The van der Waals surface area contributed by atoms with Gasteiger partial charge >= 0.3 is 0 Å². The average Bonchev–Trinajstić information content (AvgIpc) is 2.23. The summed E-state index contributed by atoms with van der Waals surface area (Å²) in [5, 5.41) is 0. The molecule has 1 aromatic carbocycles. The van der Waals surface area contributed by atoms with Gasteiger partial charge in [0, 0.05) is 18.8 Å². The molecule has 1 aromatic rings. The van der Waals surface area contributed by atoms with Crippen LogP contribution in [-0.4, -0.2) is 13.1 Å². The van der Waals surface area contributed by atoms with Crippen LogP contribution in [0.2, 0.25) is 0 Å². The standard InChI is InChI=1S/C15H25N/c1-6-9-14-11-12(4)10-13(5)15(14)16(7-2)8-3/h10-11H,6-9H2,1-5H3. The molecule has 0 fully saturated rings. The van der Waals surface area contributed by atoms with Crippen LogP contribution >= 0.6 is 0 Å². The van der Waals surface area contributed by atoms with Gasteiger partial charge in [0.1, 0.15) is 0 Å². The SMILES string of the molecule is CCCc1cc(C)cc(C)c1N(CC)CC. The highest BCUT2D eigenvalue weighted by atomic mass is 15.1. The summed E-state index contributed by atoms with van der Waals surface area (Å²) >= 11 is 0. The third kappa shape index (κ3) is 2.78. The van der Waals surface area contributed by atoms with E-state index in [9.17, 15) is 0 Å². The van der Waals surface area contributed by atoms with E-state index in [2.05, 4.69) is 51.7 Å². The molecular formula is C15H25N. The minimum atomic E-state index is 1.09. The molecule has 0 aliphatic heterocycles. The van der Waals surface area contributed by atoms with Gasteiger partial charge in [-0.25, -0.2) is 0 Å². The summed E-state index contributed by atoms with van der Waals surface area (Å²) < 4.78 is 0. The van der Waals surface area contributed by atoms with Crippen molar-refractivity contribution in [1.82, 2.24) is 0 Å². The Morgan fingerprint density at radius 3 is 2.12 bits per heavy atom. The molecule has 0 atom stereocenters. The quantitative estimate of drug-likeness (QED) is 0.720. The third-order valence-corrected chi connectivity index (χ3v) is 3.12. The molecule has 1 nitrogen and oxygen atoms in total. The normalized spacial score (nSPS) is 10.6. The Bertz CT molecular complexity index is 338. The van der Waals surface area contributed by atoms with Gasteiger partial charge in [-0.3, -0.25) is 0 Å². The molecule has 0 amide bonds. The van der Waals surface area contributed by atoms with Crippen molar-refractivity contribution < 1.29 is 0 Å². The molecule has 0 saturated carbocycles. The minimum Gasteiger partial charge on any atom is -0.372 e. The van der Waals surface area contributed by atoms with Gasteiger partial charge in [-0.1, -0.05) is 31.0 Å². The second-order valence-electron chi connectivity index (χ2n) is 4.51. The van der Waals surface area contributed by atoms with Crippen molar-refractivity contribution in [2.24, 2.45) is 0 Å². The molecule has 0 saturated heterocycles. The molecule has 16 heavy (non-hydrogen) atoms. The summed E-state index contributed by atoms with van der Waals surface area (Å²) in [5.74, 6) is 0. The molecule has 1 heteroatoms. The summed E-state index contributed by atoms with van der Waals surface area (Å²) in [5.41, 5.74) is 5.80. The molecule has 0 bridgehead atoms. The van der Waals surface area contributed by atoms with E-state index in [1.807, 2.05) is 0 Å². The molecule has 0 heterocycles. The van der Waals surface area contributed by atoms with Crippen LogP contribution < -0.4 is 4.90 Å². The Balaban J connectivity index is 3.22. The zero-order chi connectivity index (χ0) is 12.1. The molecule has 0 unspecified atom stereocenters. The molecule has 0 spiro atoms. The van der Waals surface area contributed by atoms with Gasteiger partial charge in [0.2, 0.25) is 0 Å². The van der Waals surface area contributed by atoms with Crippen LogP contribution in [0.1, 0.15) is 43.9 Å². The van der Waals surface area contributed by atoms with Crippen LogP contribution in [0.4, 0.5) is 5.69 Å². The van der Waals surface area contributed by atoms with Crippen LogP contribution in [0, 0.1) is 13.8 Å². The fraction of sp³-hybridized carbons (Fsp3) is 0.600. The summed E-state index contributed by atoms with van der Waals surface area (Å²) in [4.78, 5) is 2.47. The van der Waals surface area contributed by atoms with Crippen molar-refractivity contribution >= 4 is 5.69 Å². The zero-order valence-electron chi connectivity index (χ0n) is 11.4. The Labute approximate surface area is 100 Å². The van der Waals surface area contributed by atoms with Crippen molar-refractivity contribution in [3.63, 3.8) is 0 Å². The fourth-order valence-electron chi connectivity index (χ4n) is 2.50. The molecule has 90 valence electrons. The summed E-state index contributed by atoms with van der Waals surface area (Å²) in [6, 6.07) is 4.65. The molecule has 0 N–H and O–H groups in total. The number of aryl methyl sites for hydroxylation is 3. The Morgan fingerprint density at radius 2 is 1.62 bits per heavy atom. The van der Waals surface area contributed by atoms with Crippen molar-refractivity contribution in [1.29, 1.82) is 0 Å². The molecule has 0 aromatic heterocycles. The molecule has 0 aliphatic rings. The molecule has 0 aliphatic carbocycles. The second-order valence-corrected chi connectivity index (χ2v) is 4.51. The number of benzene rings is 1. The highest BCUT2D eigenvalue weighted by Crippen LogP contribution is 2.27. The first-order valence-corrected chi connectivity index (χ1v) is 6.49. The lowest BCUT2D eigenvalue weighted by Crippen LogP contribution is -2.24. The average molecular weight is 219 g/mol. The van der Waals surface area contributed by atoms with Crippen LogP contribution in [-0.2, 0) is 6.42 Å². The zero-order valence-corrected chi connectivity index (χ0v) is 11.4. The fourth-order valence-corrected chi connectivity index (χ4v) is 2.50. The lowest BCUT2D eigenvalue weighted by atomic mass is 9.99. The van der Waals surface area contributed by atoms with Crippen LogP contribution in [0.25, 0.3) is 0 Å². The molecule has 1 rings (SSSR count). The molecule has 0 radical (unpaired) electrons. The van der Waals surface area contributed by atoms with Gasteiger partial charge in [-0.2, -0.15) is 0 Å². The van der Waals surface area contributed by atoms with Gasteiger partial charge in [0.15, 0.2) is 0 Å². The van der Waals surface area contributed by atoms with Gasteiger partial charge < -0.3 is 4.90 Å². The largest absolute Gasteiger partial charge is 0.372 e. The van der Waals surface area contributed by atoms with E-state index in [0.29, 0.717) is 0 Å². The lowest BCUT2D eigenvalue weighted by Gasteiger charge is -2.26. The Kier molecular flexibility index (Phi) is 4.85. The van der Waals surface area contributed by atoms with Crippen LogP contribution in [0.3, 0.4) is 0 Å². The van der Waals surface area contributed by atoms with E-state index in [4.69, 9.17) is 0 Å². The van der Waals surface area contributed by atoms with Crippen molar-refractivity contribution in [2.75, 3.05) is 18.0 Å². The van der Waals surface area contributed by atoms with Crippen molar-refractivity contribution in [3.05, 3.63) is 28.8 Å². The summed E-state index contributed by atoms with van der Waals surface area (Å²) in [7, 11) is 0. The number of rotatable bonds is 5. The van der Waals surface area contributed by atoms with Crippen LogP contribution in [0.5, 0.6) is 0 Å². The first-order chi connectivity index (χ1) is 7.63. The number of hydrogen-bond donors (Lipinski definition) is 0. The van der Waals surface area contributed by atoms with Gasteiger partial charge in [0.25, 0.3) is 0 Å². The topological polar surface area (TPSA) is 3.24 Å². The third-order valence-electron chi connectivity index (χ3n) is 3.12. The van der Waals surface area contributed by atoms with Crippen LogP contribution in [0.15, 0.2) is 12.1 Å². The van der Waals surface area contributed by atoms with E-state index in [1.165, 1.54) is 35.2 Å². The Morgan fingerprint density at radius 1 is 1.00 bits per heavy atom. The van der Waals surface area contributed by atoms with E-state index in [-0.39, 0.29) is 0 Å². The lowest BCUT2D eigenvalue weighted by molar-refractivity contribution is 0.835. The molecular weight excluding hydrogens is 194 g/mol. The van der Waals surface area contributed by atoms with Crippen molar-refractivity contribution in [3.8, 4) is 0 Å². The smallest absolute Gasteiger partial charge is 0.0428 e. The number of anilines is 1. The highest BCUT2D eigenvalue weighted by Gasteiger charge is 2.11. The van der Waals surface area contributed by atoms with E-state index < -0.39 is 0 Å². The van der Waals surface area contributed by atoms with E-state index >= 15 is 0 Å². The van der Waals surface area contributed by atoms with E-state index in [0.717, 1.165) is 13.1 Å². The number of nitrogens with zero attached hydrogens (tertiary/aromatic N) is 1. The minimum absolute atomic E-state index is 1.09. The van der Waals surface area contributed by atoms with Crippen molar-refractivity contribution in [2.45, 2.75) is 47.5 Å². The summed E-state index contributed by atoms with van der Waals surface area (Å²) in [6.07, 6.45) is 2.41. The summed E-state index contributed by atoms with van der Waals surface area (Å²) in [6.45, 7) is 13.3. The highest BCUT2D eigenvalue weighted by molar-refractivity contribution is 5.60. The maximum atomic E-state index is 2.47. The first kappa shape index (κ1) is 13.1. The predicted octanol–water partition coefficient (Wildman–Crippen LogP) is 4.10. The number of hydrogen-bond acceptors (Lipinski definition) is 1. The second kappa shape index (κ2) is 5.93. The predicted molar refractivity (Wildman–Crippen MR) is 73.5 cm³/mol. The maximum Gasteiger partial charge on any atom is 0.0428 e. The van der Waals surface area contributed by atoms with Gasteiger partial charge in [-0.15, -0.1) is 0 Å².